The van der Waals surface area contributed by atoms with Gasteiger partial charge in [0.05, 0.1) is 12.7 Å². The molecule has 1 rings (SSSR count). The predicted octanol–water partition coefficient (Wildman–Crippen LogP) is 2.12. The Bertz CT molecular complexity index is 356. The number of carboxylic acids is 1. The van der Waals surface area contributed by atoms with E-state index in [1.165, 1.54) is 6.07 Å². The van der Waals surface area contributed by atoms with E-state index in [2.05, 4.69) is 6.58 Å². The standard InChI is InChI=1S/C11H12O3/c1-3-4-8-7-9(11(12)13)5-6-10(8)14-2/h3,5-7H,1,4H2,2H3,(H,12,13). The Balaban J connectivity index is 3.13. The molecule has 0 radical (unpaired) electrons. The summed E-state index contributed by atoms with van der Waals surface area (Å²) in [6, 6.07) is 4.78. The molecule has 0 atom stereocenters. The zero-order chi connectivity index (χ0) is 10.6. The second-order valence-electron chi connectivity index (χ2n) is 2.82. The van der Waals surface area contributed by atoms with E-state index < -0.39 is 5.97 Å². The van der Waals surface area contributed by atoms with Gasteiger partial charge in [-0.05, 0) is 30.2 Å². The van der Waals surface area contributed by atoms with E-state index in [1.807, 2.05) is 0 Å². The summed E-state index contributed by atoms with van der Waals surface area (Å²) in [6.45, 7) is 3.60. The number of aromatic carboxylic acids is 1. The quantitative estimate of drug-likeness (QED) is 0.743. The minimum absolute atomic E-state index is 0.266. The highest BCUT2D eigenvalue weighted by Gasteiger charge is 2.07. The first kappa shape index (κ1) is 10.3. The maximum absolute atomic E-state index is 10.7. The van der Waals surface area contributed by atoms with Crippen molar-refractivity contribution >= 4 is 5.97 Å². The smallest absolute Gasteiger partial charge is 0.335 e. The van der Waals surface area contributed by atoms with Gasteiger partial charge in [0, 0.05) is 0 Å². The molecular weight excluding hydrogens is 180 g/mol. The number of benzene rings is 1. The van der Waals surface area contributed by atoms with Crippen molar-refractivity contribution in [3.05, 3.63) is 42.0 Å². The minimum Gasteiger partial charge on any atom is -0.496 e. The van der Waals surface area contributed by atoms with Crippen LogP contribution in [0.15, 0.2) is 30.9 Å². The Morgan fingerprint density at radius 2 is 2.36 bits per heavy atom. The lowest BCUT2D eigenvalue weighted by atomic mass is 10.1. The van der Waals surface area contributed by atoms with Gasteiger partial charge in [0.15, 0.2) is 0 Å². The molecule has 0 aromatic heterocycles. The summed E-state index contributed by atoms with van der Waals surface area (Å²) in [6.07, 6.45) is 2.31. The summed E-state index contributed by atoms with van der Waals surface area (Å²) in [5.41, 5.74) is 1.10. The summed E-state index contributed by atoms with van der Waals surface area (Å²) in [5.74, 6) is -0.243. The minimum atomic E-state index is -0.932. The van der Waals surface area contributed by atoms with Crippen molar-refractivity contribution < 1.29 is 14.6 Å². The van der Waals surface area contributed by atoms with Crippen molar-refractivity contribution in [3.8, 4) is 5.75 Å². The van der Waals surface area contributed by atoms with Gasteiger partial charge in [0.2, 0.25) is 0 Å². The van der Waals surface area contributed by atoms with E-state index in [4.69, 9.17) is 9.84 Å². The van der Waals surface area contributed by atoms with Crippen molar-refractivity contribution in [1.29, 1.82) is 0 Å². The van der Waals surface area contributed by atoms with Crippen molar-refractivity contribution in [1.82, 2.24) is 0 Å². The third-order valence-electron chi connectivity index (χ3n) is 1.89. The van der Waals surface area contributed by atoms with Crippen LogP contribution in [0.2, 0.25) is 0 Å². The Labute approximate surface area is 82.6 Å². The Kier molecular flexibility index (Phi) is 3.29. The fourth-order valence-corrected chi connectivity index (χ4v) is 1.23. The molecule has 0 aliphatic carbocycles. The van der Waals surface area contributed by atoms with Gasteiger partial charge in [-0.3, -0.25) is 0 Å². The van der Waals surface area contributed by atoms with Crippen LogP contribution in [-0.4, -0.2) is 18.2 Å². The predicted molar refractivity (Wildman–Crippen MR) is 53.9 cm³/mol. The molecule has 0 spiro atoms. The second kappa shape index (κ2) is 4.46. The van der Waals surface area contributed by atoms with E-state index in [1.54, 1.807) is 25.3 Å². The zero-order valence-electron chi connectivity index (χ0n) is 7.99. The Morgan fingerprint density at radius 1 is 1.64 bits per heavy atom. The van der Waals surface area contributed by atoms with E-state index in [0.717, 1.165) is 5.56 Å². The molecule has 74 valence electrons. The number of carboxylic acid groups (broad SMARTS) is 1. The largest absolute Gasteiger partial charge is 0.496 e. The summed E-state index contributed by atoms with van der Waals surface area (Å²) < 4.78 is 5.09. The molecule has 0 saturated heterocycles. The van der Waals surface area contributed by atoms with Crippen LogP contribution in [0.25, 0.3) is 0 Å². The van der Waals surface area contributed by atoms with E-state index in [-0.39, 0.29) is 5.56 Å². The van der Waals surface area contributed by atoms with Crippen LogP contribution < -0.4 is 4.74 Å². The molecule has 1 aromatic carbocycles. The first-order valence-corrected chi connectivity index (χ1v) is 4.20. The van der Waals surface area contributed by atoms with Crippen molar-refractivity contribution in [2.24, 2.45) is 0 Å². The molecule has 0 aliphatic heterocycles. The highest BCUT2D eigenvalue weighted by Crippen LogP contribution is 2.20. The van der Waals surface area contributed by atoms with Crippen molar-refractivity contribution in [2.45, 2.75) is 6.42 Å². The van der Waals surface area contributed by atoms with Crippen LogP contribution >= 0.6 is 0 Å². The monoisotopic (exact) mass is 192 g/mol. The first-order valence-electron chi connectivity index (χ1n) is 4.20. The number of carbonyl (C=O) groups is 1. The van der Waals surface area contributed by atoms with Crippen LogP contribution in [0.3, 0.4) is 0 Å². The Morgan fingerprint density at radius 3 is 2.86 bits per heavy atom. The molecule has 0 bridgehead atoms. The lowest BCUT2D eigenvalue weighted by Gasteiger charge is -2.07. The van der Waals surface area contributed by atoms with E-state index >= 15 is 0 Å². The van der Waals surface area contributed by atoms with Crippen LogP contribution in [-0.2, 0) is 6.42 Å². The molecule has 0 aliphatic rings. The number of allylic oxidation sites excluding steroid dienone is 1. The molecule has 1 N–H and O–H groups in total. The summed E-state index contributed by atoms with van der Waals surface area (Å²) in [4.78, 5) is 10.7. The van der Waals surface area contributed by atoms with Crippen LogP contribution in [0.1, 0.15) is 15.9 Å². The second-order valence-corrected chi connectivity index (χ2v) is 2.82. The molecule has 0 fully saturated rings. The molecule has 0 amide bonds. The first-order chi connectivity index (χ1) is 6.69. The number of hydrogen-bond donors (Lipinski definition) is 1. The van der Waals surface area contributed by atoms with Gasteiger partial charge in [0.25, 0.3) is 0 Å². The van der Waals surface area contributed by atoms with E-state index in [0.29, 0.717) is 12.2 Å². The summed E-state index contributed by atoms with van der Waals surface area (Å²) >= 11 is 0. The highest BCUT2D eigenvalue weighted by molar-refractivity contribution is 5.88. The van der Waals surface area contributed by atoms with Gasteiger partial charge in [-0.25, -0.2) is 4.79 Å². The third kappa shape index (κ3) is 2.13. The average Bonchev–Trinajstić information content (AvgIpc) is 2.18. The molecular formula is C11H12O3. The molecule has 1 aromatic rings. The number of methoxy groups -OCH3 is 1. The van der Waals surface area contributed by atoms with Crippen LogP contribution in [0.4, 0.5) is 0 Å². The van der Waals surface area contributed by atoms with Gasteiger partial charge in [0.1, 0.15) is 5.75 Å². The van der Waals surface area contributed by atoms with Crippen molar-refractivity contribution in [2.75, 3.05) is 7.11 Å². The lowest BCUT2D eigenvalue weighted by molar-refractivity contribution is 0.0696. The van der Waals surface area contributed by atoms with Crippen LogP contribution in [0.5, 0.6) is 5.75 Å². The van der Waals surface area contributed by atoms with Gasteiger partial charge in [-0.2, -0.15) is 0 Å². The fraction of sp³-hybridized carbons (Fsp3) is 0.182. The highest BCUT2D eigenvalue weighted by atomic mass is 16.5. The Hall–Kier alpha value is -1.77. The third-order valence-corrected chi connectivity index (χ3v) is 1.89. The topological polar surface area (TPSA) is 46.5 Å². The average molecular weight is 192 g/mol. The maximum Gasteiger partial charge on any atom is 0.335 e. The number of hydrogen-bond acceptors (Lipinski definition) is 2. The van der Waals surface area contributed by atoms with Crippen molar-refractivity contribution in [3.63, 3.8) is 0 Å². The number of rotatable bonds is 4. The van der Waals surface area contributed by atoms with Gasteiger partial charge in [-0.1, -0.05) is 6.08 Å². The van der Waals surface area contributed by atoms with E-state index in [9.17, 15) is 4.79 Å². The molecule has 3 heteroatoms. The summed E-state index contributed by atoms with van der Waals surface area (Å²) in [7, 11) is 1.56. The zero-order valence-corrected chi connectivity index (χ0v) is 7.99. The normalized spacial score (nSPS) is 9.50. The van der Waals surface area contributed by atoms with Crippen LogP contribution in [0, 0.1) is 0 Å². The maximum atomic E-state index is 10.7. The molecule has 0 unspecified atom stereocenters. The SMILES string of the molecule is C=CCc1cc(C(=O)O)ccc1OC. The van der Waals surface area contributed by atoms with Gasteiger partial charge < -0.3 is 9.84 Å². The molecule has 14 heavy (non-hydrogen) atoms. The molecule has 0 saturated carbocycles. The van der Waals surface area contributed by atoms with Gasteiger partial charge >= 0.3 is 5.97 Å². The molecule has 0 heterocycles. The van der Waals surface area contributed by atoms with Gasteiger partial charge in [-0.15, -0.1) is 6.58 Å². The lowest BCUT2D eigenvalue weighted by Crippen LogP contribution is -1.99. The summed E-state index contributed by atoms with van der Waals surface area (Å²) in [5, 5.41) is 8.77. The molecule has 3 nitrogen and oxygen atoms in total. The fourth-order valence-electron chi connectivity index (χ4n) is 1.23. The number of ether oxygens (including phenoxy) is 1.